The highest BCUT2D eigenvalue weighted by atomic mass is 35.5. The van der Waals surface area contributed by atoms with Crippen LogP contribution in [-0.2, 0) is 16.3 Å². The summed E-state index contributed by atoms with van der Waals surface area (Å²) in [6.45, 7) is 4.23. The zero-order valence-electron chi connectivity index (χ0n) is 10.8. The van der Waals surface area contributed by atoms with Gasteiger partial charge in [0, 0.05) is 23.4 Å². The first-order chi connectivity index (χ1) is 8.43. The van der Waals surface area contributed by atoms with Crippen LogP contribution >= 0.6 is 11.6 Å². The molecule has 1 aromatic rings. The smallest absolute Gasteiger partial charge is 0.151 e. The van der Waals surface area contributed by atoms with Gasteiger partial charge in [0.15, 0.2) is 9.84 Å². The molecule has 0 aromatic heterocycles. The van der Waals surface area contributed by atoms with Gasteiger partial charge in [0.1, 0.15) is 0 Å². The van der Waals surface area contributed by atoms with Crippen LogP contribution in [-0.4, -0.2) is 32.5 Å². The zero-order chi connectivity index (χ0) is 13.6. The molecule has 0 amide bonds. The molecule has 0 bridgehead atoms. The quantitative estimate of drug-likeness (QED) is 0.838. The van der Waals surface area contributed by atoms with E-state index in [4.69, 9.17) is 11.6 Å². The van der Waals surface area contributed by atoms with Crippen LogP contribution in [0.3, 0.4) is 0 Å². The van der Waals surface area contributed by atoms with Crippen LogP contribution in [0.25, 0.3) is 0 Å². The van der Waals surface area contributed by atoms with Crippen molar-refractivity contribution in [2.75, 3.05) is 18.1 Å². The zero-order valence-corrected chi connectivity index (χ0v) is 12.4. The molecule has 0 fully saturated rings. The molecule has 102 valence electrons. The third-order valence-electron chi connectivity index (χ3n) is 2.80. The summed E-state index contributed by atoms with van der Waals surface area (Å²) < 4.78 is 22.6. The van der Waals surface area contributed by atoms with Crippen LogP contribution in [0.5, 0.6) is 0 Å². The highest BCUT2D eigenvalue weighted by Crippen LogP contribution is 2.10. The van der Waals surface area contributed by atoms with Gasteiger partial charge in [-0.15, -0.1) is 0 Å². The van der Waals surface area contributed by atoms with Crippen LogP contribution in [0.2, 0.25) is 5.02 Å². The lowest BCUT2D eigenvalue weighted by molar-refractivity contribution is 0.554. The highest BCUT2D eigenvalue weighted by Gasteiger charge is 2.08. The third-order valence-corrected chi connectivity index (χ3v) is 4.76. The molecule has 1 rings (SSSR count). The van der Waals surface area contributed by atoms with Crippen LogP contribution < -0.4 is 5.32 Å². The Morgan fingerprint density at radius 2 is 1.89 bits per heavy atom. The molecule has 0 saturated heterocycles. The number of benzene rings is 1. The van der Waals surface area contributed by atoms with E-state index in [-0.39, 0.29) is 17.5 Å². The first-order valence-corrected chi connectivity index (χ1v) is 8.31. The lowest BCUT2D eigenvalue weighted by Crippen LogP contribution is -2.32. The maximum absolute atomic E-state index is 11.3. The molecular formula is C13H20ClNO2S. The number of sulfone groups is 1. The average Bonchev–Trinajstić information content (AvgIpc) is 2.32. The van der Waals surface area contributed by atoms with Gasteiger partial charge in [-0.05, 0) is 31.0 Å². The first kappa shape index (κ1) is 15.5. The molecule has 0 aliphatic heterocycles. The van der Waals surface area contributed by atoms with E-state index >= 15 is 0 Å². The molecule has 0 radical (unpaired) electrons. The van der Waals surface area contributed by atoms with E-state index in [1.807, 2.05) is 31.2 Å². The van der Waals surface area contributed by atoms with E-state index in [0.717, 1.165) is 11.4 Å². The predicted molar refractivity (Wildman–Crippen MR) is 76.9 cm³/mol. The van der Waals surface area contributed by atoms with Crippen LogP contribution in [0.1, 0.15) is 19.4 Å². The molecule has 0 aliphatic carbocycles. The summed E-state index contributed by atoms with van der Waals surface area (Å²) in [7, 11) is -2.87. The van der Waals surface area contributed by atoms with E-state index in [9.17, 15) is 8.42 Å². The Morgan fingerprint density at radius 1 is 1.28 bits per heavy atom. The van der Waals surface area contributed by atoms with Crippen molar-refractivity contribution in [2.24, 2.45) is 0 Å². The minimum atomic E-state index is -2.87. The number of halogens is 1. The highest BCUT2D eigenvalue weighted by molar-refractivity contribution is 7.91. The minimum Gasteiger partial charge on any atom is -0.313 e. The second-order valence-electron chi connectivity index (χ2n) is 4.42. The normalized spacial score (nSPS) is 13.5. The molecule has 0 heterocycles. The molecule has 1 N–H and O–H groups in total. The summed E-state index contributed by atoms with van der Waals surface area (Å²) >= 11 is 5.82. The Labute approximate surface area is 114 Å². The minimum absolute atomic E-state index is 0.203. The Hall–Kier alpha value is -0.580. The fraction of sp³-hybridized carbons (Fsp3) is 0.538. The van der Waals surface area contributed by atoms with Crippen molar-refractivity contribution in [1.82, 2.24) is 5.32 Å². The Kier molecular flexibility index (Phi) is 6.12. The molecule has 0 spiro atoms. The van der Waals surface area contributed by atoms with Crippen molar-refractivity contribution in [2.45, 2.75) is 26.3 Å². The molecule has 1 atom stereocenters. The van der Waals surface area contributed by atoms with Gasteiger partial charge in [-0.3, -0.25) is 0 Å². The van der Waals surface area contributed by atoms with Crippen molar-refractivity contribution < 1.29 is 8.42 Å². The van der Waals surface area contributed by atoms with Gasteiger partial charge in [-0.2, -0.15) is 0 Å². The number of rotatable bonds is 7. The van der Waals surface area contributed by atoms with Crippen molar-refractivity contribution >= 4 is 21.4 Å². The molecule has 18 heavy (non-hydrogen) atoms. The second-order valence-corrected chi connectivity index (χ2v) is 7.33. The van der Waals surface area contributed by atoms with Crippen molar-refractivity contribution in [3.05, 3.63) is 34.9 Å². The van der Waals surface area contributed by atoms with Gasteiger partial charge in [-0.1, -0.05) is 30.7 Å². The van der Waals surface area contributed by atoms with E-state index in [1.54, 1.807) is 6.92 Å². The Balaban J connectivity index is 2.34. The molecule has 0 saturated carbocycles. The predicted octanol–water partition coefficient (Wildman–Crippen LogP) is 2.30. The monoisotopic (exact) mass is 289 g/mol. The van der Waals surface area contributed by atoms with E-state index in [2.05, 4.69) is 5.32 Å². The van der Waals surface area contributed by atoms with Crippen molar-refractivity contribution in [3.8, 4) is 0 Å². The van der Waals surface area contributed by atoms with Crippen molar-refractivity contribution in [3.63, 3.8) is 0 Å². The van der Waals surface area contributed by atoms with E-state index in [0.29, 0.717) is 6.54 Å². The lowest BCUT2D eigenvalue weighted by Gasteiger charge is -2.13. The number of nitrogens with one attached hydrogen (secondary N) is 1. The standard InChI is InChI=1S/C13H20ClNO2S/c1-3-18(16,17)9-8-15-11(2)10-12-4-6-13(14)7-5-12/h4-7,11,15H,3,8-10H2,1-2H3. The molecule has 1 aromatic carbocycles. The average molecular weight is 290 g/mol. The van der Waals surface area contributed by atoms with Gasteiger partial charge in [0.05, 0.1) is 5.75 Å². The van der Waals surface area contributed by atoms with Gasteiger partial charge >= 0.3 is 0 Å². The fourth-order valence-electron chi connectivity index (χ4n) is 1.65. The fourth-order valence-corrected chi connectivity index (χ4v) is 2.49. The van der Waals surface area contributed by atoms with Gasteiger partial charge < -0.3 is 5.32 Å². The summed E-state index contributed by atoms with van der Waals surface area (Å²) in [6.07, 6.45) is 0.864. The Morgan fingerprint density at radius 3 is 2.44 bits per heavy atom. The van der Waals surface area contributed by atoms with Crippen LogP contribution in [0.4, 0.5) is 0 Å². The molecule has 3 nitrogen and oxygen atoms in total. The maximum atomic E-state index is 11.3. The van der Waals surface area contributed by atoms with E-state index < -0.39 is 9.84 Å². The summed E-state index contributed by atoms with van der Waals surface area (Å²) in [4.78, 5) is 0. The molecule has 0 aliphatic rings. The summed E-state index contributed by atoms with van der Waals surface area (Å²) in [5, 5.41) is 3.95. The van der Waals surface area contributed by atoms with Crippen LogP contribution in [0, 0.1) is 0 Å². The van der Waals surface area contributed by atoms with Gasteiger partial charge in [-0.25, -0.2) is 8.42 Å². The van der Waals surface area contributed by atoms with Crippen LogP contribution in [0.15, 0.2) is 24.3 Å². The summed E-state index contributed by atoms with van der Waals surface area (Å²) in [5.41, 5.74) is 1.19. The third kappa shape index (κ3) is 5.85. The maximum Gasteiger partial charge on any atom is 0.151 e. The summed E-state index contributed by atoms with van der Waals surface area (Å²) in [5.74, 6) is 0.411. The summed E-state index contributed by atoms with van der Waals surface area (Å²) in [6, 6.07) is 7.96. The Bertz CT molecular complexity index is 456. The van der Waals surface area contributed by atoms with Crippen molar-refractivity contribution in [1.29, 1.82) is 0 Å². The van der Waals surface area contributed by atoms with Gasteiger partial charge in [0.2, 0.25) is 0 Å². The second kappa shape index (κ2) is 7.12. The van der Waals surface area contributed by atoms with Gasteiger partial charge in [0.25, 0.3) is 0 Å². The number of hydrogen-bond donors (Lipinski definition) is 1. The largest absolute Gasteiger partial charge is 0.313 e. The van der Waals surface area contributed by atoms with E-state index in [1.165, 1.54) is 5.56 Å². The molecule has 1 unspecified atom stereocenters. The first-order valence-electron chi connectivity index (χ1n) is 6.11. The lowest BCUT2D eigenvalue weighted by atomic mass is 10.1. The molecular weight excluding hydrogens is 270 g/mol. The SMILES string of the molecule is CCS(=O)(=O)CCNC(C)Cc1ccc(Cl)cc1. The number of hydrogen-bond acceptors (Lipinski definition) is 3. The topological polar surface area (TPSA) is 46.2 Å². The molecule has 5 heteroatoms.